The summed E-state index contributed by atoms with van der Waals surface area (Å²) in [6.45, 7) is 4.99. The summed E-state index contributed by atoms with van der Waals surface area (Å²) in [5, 5.41) is 12.2. The highest BCUT2D eigenvalue weighted by Crippen LogP contribution is 2.33. The molecule has 0 aliphatic carbocycles. The van der Waals surface area contributed by atoms with Crippen LogP contribution in [0.1, 0.15) is 73.6 Å². The van der Waals surface area contributed by atoms with Crippen molar-refractivity contribution in [3.63, 3.8) is 0 Å². The predicted molar refractivity (Wildman–Crippen MR) is 167 cm³/mol. The second-order valence-electron chi connectivity index (χ2n) is 10.7. The second-order valence-corrected chi connectivity index (χ2v) is 12.0. The molecule has 0 radical (unpaired) electrons. The lowest BCUT2D eigenvalue weighted by Crippen LogP contribution is -2.33. The van der Waals surface area contributed by atoms with Gasteiger partial charge in [0.25, 0.3) is 0 Å². The van der Waals surface area contributed by atoms with Crippen LogP contribution in [0.4, 0.5) is 0 Å². The van der Waals surface area contributed by atoms with Crippen molar-refractivity contribution in [2.75, 3.05) is 6.61 Å². The molecular formula is C34H36INO3. The molecule has 2 heterocycles. The number of hydrogen-bond acceptors (Lipinski definition) is 4. The van der Waals surface area contributed by atoms with Crippen molar-refractivity contribution in [3.8, 4) is 0 Å². The minimum atomic E-state index is -0.557. The van der Waals surface area contributed by atoms with Crippen molar-refractivity contribution in [2.24, 2.45) is 0 Å². The molecule has 3 aromatic carbocycles. The zero-order chi connectivity index (χ0) is 27.2. The number of halogens is 1. The van der Waals surface area contributed by atoms with Gasteiger partial charge in [-0.2, -0.15) is 0 Å². The molecule has 39 heavy (non-hydrogen) atoms. The summed E-state index contributed by atoms with van der Waals surface area (Å²) < 4.78 is 13.4. The first-order valence-corrected chi connectivity index (χ1v) is 14.9. The Kier molecular flexibility index (Phi) is 9.13. The minimum Gasteiger partial charge on any atom is -0.388 e. The van der Waals surface area contributed by atoms with E-state index in [2.05, 4.69) is 103 Å². The average molecular weight is 634 g/mol. The highest BCUT2D eigenvalue weighted by atomic mass is 127. The number of aliphatic hydroxyl groups is 1. The third kappa shape index (κ3) is 7.34. The summed E-state index contributed by atoms with van der Waals surface area (Å²) >= 11 is 2.31. The second kappa shape index (κ2) is 12.7. The number of ether oxygens (including phenoxy) is 2. The van der Waals surface area contributed by atoms with E-state index >= 15 is 0 Å². The summed E-state index contributed by atoms with van der Waals surface area (Å²) in [6.07, 6.45) is 7.94. The molecule has 1 aromatic heterocycles. The fourth-order valence-corrected chi connectivity index (χ4v) is 5.71. The van der Waals surface area contributed by atoms with Crippen molar-refractivity contribution >= 4 is 45.6 Å². The van der Waals surface area contributed by atoms with Crippen LogP contribution in [0.5, 0.6) is 0 Å². The number of nitrogens with zero attached hydrogens (tertiary/aromatic N) is 1. The number of rotatable bonds is 9. The minimum absolute atomic E-state index is 0.156. The molecule has 4 nitrogen and oxygen atoms in total. The molecule has 1 saturated heterocycles. The Balaban J connectivity index is 1.25. The Hall–Kier alpha value is -2.58. The highest BCUT2D eigenvalue weighted by molar-refractivity contribution is 14.1. The topological polar surface area (TPSA) is 51.6 Å². The molecule has 5 rings (SSSR count). The lowest BCUT2D eigenvalue weighted by Gasteiger charge is -2.34. The zero-order valence-electron chi connectivity index (χ0n) is 22.6. The maximum absolute atomic E-state index is 11.1. The third-order valence-electron chi connectivity index (χ3n) is 7.33. The smallest absolute Gasteiger partial charge is 0.158 e. The third-order valence-corrected chi connectivity index (χ3v) is 8.01. The molecule has 0 bridgehead atoms. The molecule has 5 heteroatoms. The van der Waals surface area contributed by atoms with Crippen LogP contribution in [0.15, 0.2) is 78.9 Å². The molecule has 0 amide bonds. The SMILES string of the molecule is CC(C)(OC1CCCCO1)c1ccccc1CC[C@H](O)c1cccc(/C=C/c2ccc3ccc(I)cc3n2)c1. The van der Waals surface area contributed by atoms with E-state index < -0.39 is 11.7 Å². The van der Waals surface area contributed by atoms with Crippen LogP contribution in [0, 0.1) is 3.57 Å². The quantitative estimate of drug-likeness (QED) is 0.188. The average Bonchev–Trinajstić information content (AvgIpc) is 2.95. The van der Waals surface area contributed by atoms with Crippen molar-refractivity contribution in [3.05, 3.63) is 110 Å². The van der Waals surface area contributed by atoms with Crippen molar-refractivity contribution in [1.29, 1.82) is 0 Å². The lowest BCUT2D eigenvalue weighted by atomic mass is 9.89. The summed E-state index contributed by atoms with van der Waals surface area (Å²) in [7, 11) is 0. The molecule has 2 atom stereocenters. The van der Waals surface area contributed by atoms with Gasteiger partial charge in [-0.05, 0) is 121 Å². The van der Waals surface area contributed by atoms with Gasteiger partial charge in [0, 0.05) is 15.6 Å². The van der Waals surface area contributed by atoms with Gasteiger partial charge < -0.3 is 14.6 Å². The Morgan fingerprint density at radius 3 is 2.72 bits per heavy atom. The van der Waals surface area contributed by atoms with Crippen LogP contribution in [0.2, 0.25) is 0 Å². The van der Waals surface area contributed by atoms with Gasteiger partial charge in [0.1, 0.15) is 0 Å². The Morgan fingerprint density at radius 1 is 1.03 bits per heavy atom. The van der Waals surface area contributed by atoms with Gasteiger partial charge in [0.15, 0.2) is 6.29 Å². The first kappa shape index (κ1) is 28.0. The van der Waals surface area contributed by atoms with Gasteiger partial charge in [-0.1, -0.05) is 60.7 Å². The van der Waals surface area contributed by atoms with E-state index in [0.717, 1.165) is 65.6 Å². The molecule has 1 fully saturated rings. The molecule has 202 valence electrons. The van der Waals surface area contributed by atoms with Gasteiger partial charge in [-0.3, -0.25) is 0 Å². The van der Waals surface area contributed by atoms with Gasteiger partial charge in [-0.15, -0.1) is 0 Å². The molecular weight excluding hydrogens is 597 g/mol. The molecule has 4 aromatic rings. The Morgan fingerprint density at radius 2 is 1.87 bits per heavy atom. The van der Waals surface area contributed by atoms with E-state index in [4.69, 9.17) is 14.5 Å². The van der Waals surface area contributed by atoms with Crippen LogP contribution < -0.4 is 0 Å². The van der Waals surface area contributed by atoms with E-state index in [1.807, 2.05) is 24.3 Å². The zero-order valence-corrected chi connectivity index (χ0v) is 24.8. The first-order valence-electron chi connectivity index (χ1n) is 13.8. The molecule has 1 aliphatic heterocycles. The van der Waals surface area contributed by atoms with E-state index in [-0.39, 0.29) is 6.29 Å². The summed E-state index contributed by atoms with van der Waals surface area (Å²) in [6, 6.07) is 26.9. The lowest BCUT2D eigenvalue weighted by molar-refractivity contribution is -0.219. The number of benzene rings is 3. The largest absolute Gasteiger partial charge is 0.388 e. The van der Waals surface area contributed by atoms with Crippen LogP contribution in [-0.2, 0) is 21.5 Å². The number of aryl methyl sites for hydroxylation is 1. The van der Waals surface area contributed by atoms with Gasteiger partial charge >= 0.3 is 0 Å². The normalized spacial score (nSPS) is 17.1. The summed E-state index contributed by atoms with van der Waals surface area (Å²) in [5.74, 6) is 0. The molecule has 0 spiro atoms. The standard InChI is InChI=1S/C34H36INO3/c1-34(2,39-33-12-5-6-21-38-33)30-11-4-3-9-25(30)16-20-32(37)27-10-7-8-24(22-27)13-18-29-19-15-26-14-17-28(35)23-31(26)36-29/h3-4,7-11,13-15,17-19,22-23,32-33,37H,5-6,12,16,20-21H2,1-2H3/b18-13+/t32-,33?/m0/s1. The fourth-order valence-electron chi connectivity index (χ4n) is 5.23. The van der Waals surface area contributed by atoms with Crippen LogP contribution in [-0.4, -0.2) is 23.0 Å². The molecule has 0 saturated carbocycles. The molecule has 1 N–H and O–H groups in total. The Bertz CT molecular complexity index is 1440. The van der Waals surface area contributed by atoms with E-state index in [9.17, 15) is 5.11 Å². The number of fused-ring (bicyclic) bond motifs is 1. The maximum atomic E-state index is 11.1. The highest BCUT2D eigenvalue weighted by Gasteiger charge is 2.29. The van der Waals surface area contributed by atoms with Crippen molar-refractivity contribution in [1.82, 2.24) is 4.98 Å². The van der Waals surface area contributed by atoms with Crippen LogP contribution >= 0.6 is 22.6 Å². The number of pyridine rings is 1. The van der Waals surface area contributed by atoms with E-state index in [1.165, 1.54) is 9.13 Å². The fraction of sp³-hybridized carbons (Fsp3) is 0.324. The summed E-state index contributed by atoms with van der Waals surface area (Å²) in [5.41, 5.74) is 5.75. The van der Waals surface area contributed by atoms with E-state index in [0.29, 0.717) is 6.42 Å². The maximum Gasteiger partial charge on any atom is 0.158 e. The van der Waals surface area contributed by atoms with E-state index in [1.54, 1.807) is 0 Å². The van der Waals surface area contributed by atoms with Crippen LogP contribution in [0.3, 0.4) is 0 Å². The number of aliphatic hydroxyl groups excluding tert-OH is 1. The van der Waals surface area contributed by atoms with Crippen molar-refractivity contribution < 1.29 is 14.6 Å². The summed E-state index contributed by atoms with van der Waals surface area (Å²) in [4.78, 5) is 4.78. The first-order chi connectivity index (χ1) is 18.9. The monoisotopic (exact) mass is 633 g/mol. The van der Waals surface area contributed by atoms with Gasteiger partial charge in [0.2, 0.25) is 0 Å². The van der Waals surface area contributed by atoms with Crippen molar-refractivity contribution in [2.45, 2.75) is 63.9 Å². The number of hydrogen-bond donors (Lipinski definition) is 1. The van der Waals surface area contributed by atoms with Gasteiger partial charge in [0.05, 0.1) is 22.9 Å². The molecule has 1 aliphatic rings. The predicted octanol–water partition coefficient (Wildman–Crippen LogP) is 8.45. The number of aromatic nitrogens is 1. The molecule has 1 unspecified atom stereocenters. The van der Waals surface area contributed by atoms with Gasteiger partial charge in [-0.25, -0.2) is 4.98 Å². The van der Waals surface area contributed by atoms with Crippen LogP contribution in [0.25, 0.3) is 23.1 Å². The Labute approximate surface area is 245 Å².